The first-order valence-corrected chi connectivity index (χ1v) is 10.3. The van der Waals surface area contributed by atoms with Crippen LogP contribution in [-0.4, -0.2) is 51.0 Å². The first-order valence-electron chi connectivity index (χ1n) is 10.3. The van der Waals surface area contributed by atoms with Gasteiger partial charge in [0.2, 0.25) is 5.91 Å². The van der Waals surface area contributed by atoms with Crippen LogP contribution in [0.1, 0.15) is 58.3 Å². The first-order chi connectivity index (χ1) is 14.3. The normalized spacial score (nSPS) is 20.5. The molecule has 30 heavy (non-hydrogen) atoms. The van der Waals surface area contributed by atoms with Gasteiger partial charge in [-0.25, -0.2) is 0 Å². The zero-order chi connectivity index (χ0) is 21.5. The van der Waals surface area contributed by atoms with E-state index in [1.807, 2.05) is 36.9 Å². The molecule has 158 valence electrons. The summed E-state index contributed by atoms with van der Waals surface area (Å²) in [6.07, 6.45) is 1.85. The molecule has 2 amide bonds. The van der Waals surface area contributed by atoms with Crippen molar-refractivity contribution in [3.63, 3.8) is 0 Å². The average Bonchev–Trinajstić information content (AvgIpc) is 2.99. The number of ketones is 1. The smallest absolute Gasteiger partial charge is 0.255 e. The lowest BCUT2D eigenvalue weighted by atomic mass is 9.93. The van der Waals surface area contributed by atoms with Crippen LogP contribution in [0.3, 0.4) is 0 Å². The number of aryl methyl sites for hydroxylation is 2. The number of Topliss-reactive ketones (excluding diaryl/α,β-unsaturated/α-hetero) is 1. The Morgan fingerprint density at radius 2 is 1.97 bits per heavy atom. The Bertz CT molecular complexity index is 1030. The number of benzene rings is 1. The fraction of sp³-hybridized carbons (Fsp3) is 0.455. The molecule has 1 spiro atoms. The molecule has 4 rings (SSSR count). The summed E-state index contributed by atoms with van der Waals surface area (Å²) in [4.78, 5) is 39.1. The zero-order valence-corrected chi connectivity index (χ0v) is 17.6. The van der Waals surface area contributed by atoms with E-state index in [2.05, 4.69) is 15.7 Å². The van der Waals surface area contributed by atoms with Crippen LogP contribution in [0.5, 0.6) is 0 Å². The molecule has 0 bridgehead atoms. The first kappa shape index (κ1) is 20.1. The van der Waals surface area contributed by atoms with Crippen LogP contribution in [0, 0.1) is 13.8 Å². The van der Waals surface area contributed by atoms with Gasteiger partial charge in [0.15, 0.2) is 5.78 Å². The number of hydrogen-bond acceptors (Lipinski definition) is 5. The van der Waals surface area contributed by atoms with E-state index in [1.54, 1.807) is 10.7 Å². The van der Waals surface area contributed by atoms with Crippen molar-refractivity contribution in [2.45, 2.75) is 52.2 Å². The van der Waals surface area contributed by atoms with Crippen molar-refractivity contribution in [3.8, 4) is 0 Å². The highest BCUT2D eigenvalue weighted by Crippen LogP contribution is 2.30. The Hall–Kier alpha value is -3.16. The Morgan fingerprint density at radius 3 is 2.70 bits per heavy atom. The van der Waals surface area contributed by atoms with Gasteiger partial charge >= 0.3 is 0 Å². The third kappa shape index (κ3) is 3.58. The number of likely N-dealkylation sites (tertiary alicyclic amines) is 1. The fourth-order valence-corrected chi connectivity index (χ4v) is 4.62. The Balaban J connectivity index is 1.44. The molecule has 0 radical (unpaired) electrons. The van der Waals surface area contributed by atoms with Crippen molar-refractivity contribution in [2.24, 2.45) is 0 Å². The lowest BCUT2D eigenvalue weighted by molar-refractivity contribution is -0.133. The van der Waals surface area contributed by atoms with Gasteiger partial charge in [0.1, 0.15) is 5.66 Å². The van der Waals surface area contributed by atoms with Crippen LogP contribution >= 0.6 is 0 Å². The van der Waals surface area contributed by atoms with E-state index in [1.165, 1.54) is 6.92 Å². The molecule has 1 saturated heterocycles. The summed E-state index contributed by atoms with van der Waals surface area (Å²) in [5, 5.41) is 11.0. The number of carbonyl (C=O) groups is 3. The molecular formula is C22H27N5O3. The number of nitrogens with one attached hydrogen (secondary N) is 2. The van der Waals surface area contributed by atoms with Crippen LogP contribution in [-0.2, 0) is 11.3 Å². The van der Waals surface area contributed by atoms with Crippen LogP contribution in [0.15, 0.2) is 24.3 Å². The highest BCUT2D eigenvalue weighted by molar-refractivity contribution is 6.02. The number of amides is 2. The minimum Gasteiger partial charge on any atom is -0.361 e. The van der Waals surface area contributed by atoms with E-state index in [0.29, 0.717) is 42.9 Å². The number of rotatable bonds is 4. The maximum atomic E-state index is 12.9. The monoisotopic (exact) mass is 409 g/mol. The lowest BCUT2D eigenvalue weighted by Crippen LogP contribution is -2.66. The highest BCUT2D eigenvalue weighted by atomic mass is 16.2. The average molecular weight is 409 g/mol. The highest BCUT2D eigenvalue weighted by Gasteiger charge is 2.41. The summed E-state index contributed by atoms with van der Waals surface area (Å²) < 4.78 is 1.74. The molecule has 2 aliphatic heterocycles. The summed E-state index contributed by atoms with van der Waals surface area (Å²) in [6, 6.07) is 7.42. The van der Waals surface area contributed by atoms with Gasteiger partial charge in [-0.15, -0.1) is 0 Å². The van der Waals surface area contributed by atoms with Crippen LogP contribution < -0.4 is 10.6 Å². The van der Waals surface area contributed by atoms with Crippen molar-refractivity contribution in [1.82, 2.24) is 20.0 Å². The molecule has 0 saturated carbocycles. The zero-order valence-electron chi connectivity index (χ0n) is 17.6. The van der Waals surface area contributed by atoms with Gasteiger partial charge in [-0.2, -0.15) is 5.10 Å². The molecule has 1 aromatic heterocycles. The van der Waals surface area contributed by atoms with E-state index in [9.17, 15) is 14.4 Å². The molecule has 1 aromatic carbocycles. The van der Waals surface area contributed by atoms with Gasteiger partial charge in [-0.05, 0) is 45.7 Å². The van der Waals surface area contributed by atoms with Gasteiger partial charge in [-0.3, -0.25) is 19.1 Å². The summed E-state index contributed by atoms with van der Waals surface area (Å²) in [5.41, 5.74) is 2.90. The number of anilines is 1. The van der Waals surface area contributed by atoms with Crippen molar-refractivity contribution in [3.05, 3.63) is 46.8 Å². The molecular weight excluding hydrogens is 382 g/mol. The maximum Gasteiger partial charge on any atom is 0.255 e. The van der Waals surface area contributed by atoms with Crippen molar-refractivity contribution in [1.29, 1.82) is 0 Å². The molecule has 8 heteroatoms. The van der Waals surface area contributed by atoms with Gasteiger partial charge in [-0.1, -0.05) is 12.1 Å². The Morgan fingerprint density at radius 1 is 1.20 bits per heavy atom. The molecule has 2 aromatic rings. The second-order valence-corrected chi connectivity index (χ2v) is 8.20. The molecule has 0 aliphatic carbocycles. The van der Waals surface area contributed by atoms with E-state index in [0.717, 1.165) is 24.2 Å². The molecule has 8 nitrogen and oxygen atoms in total. The third-order valence-electron chi connectivity index (χ3n) is 6.01. The molecule has 2 N–H and O–H groups in total. The second kappa shape index (κ2) is 7.59. The standard InChI is InChI=1S/C22H27N5O3/c1-14-20(16(3)28)15(2)27(25-14)12-9-19(29)26-11-6-10-22(13-26)23-18-8-5-4-7-17(18)21(30)24-22/h4-5,7-8,23H,6,9-13H2,1-3H3,(H,24,30). The summed E-state index contributed by atoms with van der Waals surface area (Å²) in [5.74, 6) is -0.112. The number of nitrogens with zero attached hydrogens (tertiary/aromatic N) is 3. The minimum atomic E-state index is -0.640. The number of hydrogen-bond donors (Lipinski definition) is 2. The SMILES string of the molecule is CC(=O)c1c(C)nn(CCC(=O)N2CCCC3(C2)NC(=O)c2ccccc2N3)c1C. The Kier molecular flexibility index (Phi) is 5.09. The van der Waals surface area contributed by atoms with E-state index >= 15 is 0 Å². The molecule has 1 unspecified atom stereocenters. The minimum absolute atomic E-state index is 0.0139. The number of para-hydroxylation sites is 1. The molecule has 1 atom stereocenters. The molecule has 2 aliphatic rings. The quantitative estimate of drug-likeness (QED) is 0.755. The number of aromatic nitrogens is 2. The predicted octanol–water partition coefficient (Wildman–Crippen LogP) is 2.27. The van der Waals surface area contributed by atoms with Crippen molar-refractivity contribution in [2.75, 3.05) is 18.4 Å². The van der Waals surface area contributed by atoms with E-state index in [-0.39, 0.29) is 17.6 Å². The van der Waals surface area contributed by atoms with Crippen molar-refractivity contribution >= 4 is 23.3 Å². The predicted molar refractivity (Wildman–Crippen MR) is 112 cm³/mol. The lowest BCUT2D eigenvalue weighted by Gasteiger charge is -2.46. The van der Waals surface area contributed by atoms with Crippen LogP contribution in [0.4, 0.5) is 5.69 Å². The molecule has 3 heterocycles. The van der Waals surface area contributed by atoms with Gasteiger partial charge < -0.3 is 15.5 Å². The van der Waals surface area contributed by atoms with Gasteiger partial charge in [0.25, 0.3) is 5.91 Å². The van der Waals surface area contributed by atoms with E-state index in [4.69, 9.17) is 0 Å². The third-order valence-corrected chi connectivity index (χ3v) is 6.01. The summed E-state index contributed by atoms with van der Waals surface area (Å²) in [7, 11) is 0. The van der Waals surface area contributed by atoms with Gasteiger partial charge in [0.05, 0.1) is 23.4 Å². The van der Waals surface area contributed by atoms with Crippen molar-refractivity contribution < 1.29 is 14.4 Å². The molecule has 1 fully saturated rings. The Labute approximate surface area is 175 Å². The topological polar surface area (TPSA) is 96.3 Å². The summed E-state index contributed by atoms with van der Waals surface area (Å²) >= 11 is 0. The fourth-order valence-electron chi connectivity index (χ4n) is 4.62. The van der Waals surface area contributed by atoms with E-state index < -0.39 is 5.66 Å². The number of piperidine rings is 1. The summed E-state index contributed by atoms with van der Waals surface area (Å²) in [6.45, 7) is 6.70. The second-order valence-electron chi connectivity index (χ2n) is 8.20. The maximum absolute atomic E-state index is 12.9. The van der Waals surface area contributed by atoms with Crippen LogP contribution in [0.25, 0.3) is 0 Å². The number of fused-ring (bicyclic) bond motifs is 1. The number of carbonyl (C=O) groups excluding carboxylic acids is 3. The van der Waals surface area contributed by atoms with Gasteiger partial charge in [0, 0.05) is 30.9 Å². The van der Waals surface area contributed by atoms with Crippen LogP contribution in [0.2, 0.25) is 0 Å². The largest absolute Gasteiger partial charge is 0.361 e.